The smallest absolute Gasteiger partial charge is 0.289 e. The molecule has 0 saturated carbocycles. The maximum Gasteiger partial charge on any atom is 0.289 e. The number of hydrogen-bond donors (Lipinski definition) is 1. The molecule has 0 fully saturated rings. The number of aromatic nitrogens is 1. The number of rotatable bonds is 8. The van der Waals surface area contributed by atoms with Gasteiger partial charge in [0.05, 0.1) is 0 Å². The van der Waals surface area contributed by atoms with Gasteiger partial charge in [0, 0.05) is 12.6 Å². The van der Waals surface area contributed by atoms with Crippen molar-refractivity contribution < 1.29 is 9.32 Å². The predicted molar refractivity (Wildman–Crippen MR) is 69.9 cm³/mol. The molecular formula is C12H19BrN2O2. The molecule has 1 amide bonds. The van der Waals surface area contributed by atoms with Crippen LogP contribution in [0.25, 0.3) is 0 Å². The van der Waals surface area contributed by atoms with E-state index in [1.165, 1.54) is 32.1 Å². The van der Waals surface area contributed by atoms with Gasteiger partial charge >= 0.3 is 0 Å². The highest BCUT2D eigenvalue weighted by atomic mass is 79.9. The Morgan fingerprint density at radius 2 is 2.06 bits per heavy atom. The fourth-order valence-corrected chi connectivity index (χ4v) is 1.84. The molecule has 0 aliphatic heterocycles. The maximum absolute atomic E-state index is 11.5. The molecule has 17 heavy (non-hydrogen) atoms. The second kappa shape index (κ2) is 8.28. The first-order chi connectivity index (χ1) is 8.24. The molecule has 4 nitrogen and oxygen atoms in total. The lowest BCUT2D eigenvalue weighted by Crippen LogP contribution is -2.23. The van der Waals surface area contributed by atoms with Crippen LogP contribution in [0, 0.1) is 0 Å². The number of hydrogen-bond acceptors (Lipinski definition) is 3. The van der Waals surface area contributed by atoms with E-state index < -0.39 is 0 Å². The predicted octanol–water partition coefficient (Wildman–Crippen LogP) is 3.53. The molecule has 1 rings (SSSR count). The van der Waals surface area contributed by atoms with Crippen molar-refractivity contribution in [3.63, 3.8) is 0 Å². The molecule has 1 aromatic heterocycles. The van der Waals surface area contributed by atoms with Crippen LogP contribution in [0.1, 0.15) is 56.0 Å². The molecule has 1 heterocycles. The Morgan fingerprint density at radius 1 is 1.35 bits per heavy atom. The Hall–Kier alpha value is -0.840. The molecular weight excluding hydrogens is 284 g/mol. The van der Waals surface area contributed by atoms with Gasteiger partial charge in [0.2, 0.25) is 5.76 Å². The molecule has 0 bridgehead atoms. The van der Waals surface area contributed by atoms with Crippen molar-refractivity contribution in [3.05, 3.63) is 16.4 Å². The third-order valence-electron chi connectivity index (χ3n) is 2.52. The largest absolute Gasteiger partial charge is 0.350 e. The van der Waals surface area contributed by atoms with E-state index in [4.69, 9.17) is 4.52 Å². The summed E-state index contributed by atoms with van der Waals surface area (Å²) < 4.78 is 5.37. The zero-order chi connectivity index (χ0) is 12.5. The Balaban J connectivity index is 2.05. The number of amides is 1. The molecule has 0 spiro atoms. The highest BCUT2D eigenvalue weighted by molar-refractivity contribution is 9.10. The molecule has 0 aromatic carbocycles. The molecule has 0 aliphatic rings. The molecule has 1 aromatic rings. The van der Waals surface area contributed by atoms with Gasteiger partial charge in [0.15, 0.2) is 0 Å². The first kappa shape index (κ1) is 14.2. The third kappa shape index (κ3) is 5.86. The minimum absolute atomic E-state index is 0.197. The van der Waals surface area contributed by atoms with E-state index in [2.05, 4.69) is 33.3 Å². The van der Waals surface area contributed by atoms with Crippen LogP contribution in [0.2, 0.25) is 0 Å². The normalized spacial score (nSPS) is 10.5. The Bertz CT molecular complexity index is 339. The standard InChI is InChI=1S/C12H19BrN2O2/c1-2-3-4-5-6-7-8-14-12(16)10-9-11(13)15-17-10/h9H,2-8H2,1H3,(H,14,16). The third-order valence-corrected chi connectivity index (χ3v) is 2.89. The van der Waals surface area contributed by atoms with Gasteiger partial charge in [-0.3, -0.25) is 4.79 Å². The van der Waals surface area contributed by atoms with Crippen LogP contribution in [0.4, 0.5) is 0 Å². The number of carbonyl (C=O) groups excluding carboxylic acids is 1. The summed E-state index contributed by atoms with van der Waals surface area (Å²) in [7, 11) is 0. The number of unbranched alkanes of at least 4 members (excludes halogenated alkanes) is 5. The fraction of sp³-hybridized carbons (Fsp3) is 0.667. The highest BCUT2D eigenvalue weighted by Gasteiger charge is 2.10. The van der Waals surface area contributed by atoms with Crippen LogP contribution in [0.15, 0.2) is 15.2 Å². The van der Waals surface area contributed by atoms with E-state index in [0.29, 0.717) is 11.1 Å². The van der Waals surface area contributed by atoms with Crippen LogP contribution in [-0.2, 0) is 0 Å². The molecule has 5 heteroatoms. The van der Waals surface area contributed by atoms with Crippen molar-refractivity contribution in [2.24, 2.45) is 0 Å². The molecule has 0 aliphatic carbocycles. The van der Waals surface area contributed by atoms with Gasteiger partial charge in [0.1, 0.15) is 4.60 Å². The molecule has 0 saturated heterocycles. The lowest BCUT2D eigenvalue weighted by molar-refractivity contribution is 0.0916. The van der Waals surface area contributed by atoms with Crippen molar-refractivity contribution in [1.29, 1.82) is 0 Å². The minimum Gasteiger partial charge on any atom is -0.350 e. The van der Waals surface area contributed by atoms with E-state index in [9.17, 15) is 4.79 Å². The van der Waals surface area contributed by atoms with Crippen molar-refractivity contribution in [3.8, 4) is 0 Å². The summed E-state index contributed by atoms with van der Waals surface area (Å²) in [4.78, 5) is 11.5. The van der Waals surface area contributed by atoms with Crippen LogP contribution in [0.5, 0.6) is 0 Å². The van der Waals surface area contributed by atoms with Gasteiger partial charge in [-0.05, 0) is 22.4 Å². The summed E-state index contributed by atoms with van der Waals surface area (Å²) in [6.45, 7) is 2.90. The minimum atomic E-state index is -0.197. The average Bonchev–Trinajstić information content (AvgIpc) is 2.74. The van der Waals surface area contributed by atoms with E-state index in [-0.39, 0.29) is 11.7 Å². The SMILES string of the molecule is CCCCCCCCNC(=O)c1cc(Br)no1. The number of carbonyl (C=O) groups is 1. The summed E-state index contributed by atoms with van der Waals surface area (Å²) in [5, 5.41) is 6.41. The zero-order valence-electron chi connectivity index (χ0n) is 10.2. The van der Waals surface area contributed by atoms with Crippen LogP contribution < -0.4 is 5.32 Å². The summed E-state index contributed by atoms with van der Waals surface area (Å²) in [5.41, 5.74) is 0. The highest BCUT2D eigenvalue weighted by Crippen LogP contribution is 2.09. The molecule has 0 atom stereocenters. The molecule has 96 valence electrons. The quantitative estimate of drug-likeness (QED) is 0.747. The van der Waals surface area contributed by atoms with Crippen molar-refractivity contribution >= 4 is 21.8 Å². The van der Waals surface area contributed by atoms with Gasteiger partial charge in [-0.1, -0.05) is 44.2 Å². The van der Waals surface area contributed by atoms with E-state index >= 15 is 0 Å². The van der Waals surface area contributed by atoms with Gasteiger partial charge in [-0.2, -0.15) is 0 Å². The summed E-state index contributed by atoms with van der Waals surface area (Å²) in [6.07, 6.45) is 7.29. The second-order valence-corrected chi connectivity index (χ2v) is 4.85. The van der Waals surface area contributed by atoms with Gasteiger partial charge < -0.3 is 9.84 Å². The Labute approximate surface area is 110 Å². The Kier molecular flexibility index (Phi) is 6.93. The van der Waals surface area contributed by atoms with Crippen molar-refractivity contribution in [2.45, 2.75) is 45.4 Å². The number of halogens is 1. The molecule has 0 unspecified atom stereocenters. The van der Waals surface area contributed by atoms with E-state index in [1.807, 2.05) is 0 Å². The second-order valence-electron chi connectivity index (χ2n) is 4.04. The van der Waals surface area contributed by atoms with E-state index in [1.54, 1.807) is 6.07 Å². The molecule has 0 radical (unpaired) electrons. The fourth-order valence-electron chi connectivity index (χ4n) is 1.56. The summed E-state index contributed by atoms with van der Waals surface area (Å²) in [5.74, 6) is 0.0552. The maximum atomic E-state index is 11.5. The average molecular weight is 303 g/mol. The summed E-state index contributed by atoms with van der Waals surface area (Å²) in [6, 6.07) is 1.57. The Morgan fingerprint density at radius 3 is 2.71 bits per heavy atom. The van der Waals surface area contributed by atoms with Crippen molar-refractivity contribution in [1.82, 2.24) is 10.5 Å². The van der Waals surface area contributed by atoms with Crippen molar-refractivity contribution in [2.75, 3.05) is 6.54 Å². The molecule has 1 N–H and O–H groups in total. The number of nitrogens with one attached hydrogen (secondary N) is 1. The first-order valence-electron chi connectivity index (χ1n) is 6.14. The van der Waals surface area contributed by atoms with Crippen LogP contribution in [0.3, 0.4) is 0 Å². The monoisotopic (exact) mass is 302 g/mol. The van der Waals surface area contributed by atoms with Crippen LogP contribution >= 0.6 is 15.9 Å². The van der Waals surface area contributed by atoms with Crippen LogP contribution in [-0.4, -0.2) is 17.6 Å². The van der Waals surface area contributed by atoms with Gasteiger partial charge in [-0.15, -0.1) is 0 Å². The lowest BCUT2D eigenvalue weighted by atomic mass is 10.1. The zero-order valence-corrected chi connectivity index (χ0v) is 11.8. The lowest BCUT2D eigenvalue weighted by Gasteiger charge is -2.02. The van der Waals surface area contributed by atoms with Gasteiger partial charge in [0.25, 0.3) is 5.91 Å². The summed E-state index contributed by atoms with van der Waals surface area (Å²) >= 11 is 3.13. The van der Waals surface area contributed by atoms with E-state index in [0.717, 1.165) is 6.42 Å². The number of nitrogens with zero attached hydrogens (tertiary/aromatic N) is 1. The first-order valence-corrected chi connectivity index (χ1v) is 6.93. The topological polar surface area (TPSA) is 55.1 Å². The van der Waals surface area contributed by atoms with Gasteiger partial charge in [-0.25, -0.2) is 0 Å².